The molecule has 0 fully saturated rings. The summed E-state index contributed by atoms with van der Waals surface area (Å²) in [4.78, 5) is 24.0. The van der Waals surface area contributed by atoms with Crippen molar-refractivity contribution >= 4 is 11.9 Å². The summed E-state index contributed by atoms with van der Waals surface area (Å²) in [5.74, 6) is 0.105. The minimum Gasteiger partial charge on any atom is -0.491 e. The van der Waals surface area contributed by atoms with Crippen LogP contribution in [0.25, 0.3) is 0 Å². The van der Waals surface area contributed by atoms with Gasteiger partial charge in [-0.25, -0.2) is 9.59 Å². The summed E-state index contributed by atoms with van der Waals surface area (Å²) in [7, 11) is 1.53. The first-order chi connectivity index (χ1) is 13.0. The molecule has 0 spiro atoms. The van der Waals surface area contributed by atoms with Crippen LogP contribution < -0.4 is 9.47 Å². The van der Waals surface area contributed by atoms with Gasteiger partial charge < -0.3 is 18.9 Å². The van der Waals surface area contributed by atoms with Crippen molar-refractivity contribution in [2.75, 3.05) is 20.3 Å². The third kappa shape index (κ3) is 6.42. The quantitative estimate of drug-likeness (QED) is 0.378. The van der Waals surface area contributed by atoms with Crippen LogP contribution in [0.1, 0.15) is 41.0 Å². The molecule has 0 aliphatic carbocycles. The molecule has 0 amide bonds. The molecule has 0 radical (unpaired) electrons. The highest BCUT2D eigenvalue weighted by Crippen LogP contribution is 2.18. The summed E-state index contributed by atoms with van der Waals surface area (Å²) in [5, 5.41) is 0. The molecule has 0 saturated heterocycles. The summed E-state index contributed by atoms with van der Waals surface area (Å²) in [6.45, 7) is 4.55. The van der Waals surface area contributed by atoms with Crippen molar-refractivity contribution in [1.82, 2.24) is 0 Å². The molecule has 2 aromatic rings. The maximum atomic E-state index is 12.2. The third-order valence-electron chi connectivity index (χ3n) is 3.82. The Hall–Kier alpha value is -2.86. The number of hydrogen-bond donors (Lipinski definition) is 0. The fourth-order valence-corrected chi connectivity index (χ4v) is 2.11. The zero-order chi connectivity index (χ0) is 19.6. The average Bonchev–Trinajstić information content (AvgIpc) is 2.69. The van der Waals surface area contributed by atoms with Gasteiger partial charge in [0.1, 0.15) is 18.1 Å². The molecule has 0 heterocycles. The van der Waals surface area contributed by atoms with Crippen LogP contribution in [0.4, 0.5) is 0 Å². The second-order valence-electron chi connectivity index (χ2n) is 5.90. The lowest BCUT2D eigenvalue weighted by atomic mass is 10.2. The summed E-state index contributed by atoms with van der Waals surface area (Å²) >= 11 is 0. The van der Waals surface area contributed by atoms with Gasteiger partial charge in [0.05, 0.1) is 23.8 Å². The van der Waals surface area contributed by atoms with E-state index in [4.69, 9.17) is 18.9 Å². The monoisotopic (exact) mass is 372 g/mol. The highest BCUT2D eigenvalue weighted by Gasteiger charge is 2.11. The molecule has 27 heavy (non-hydrogen) atoms. The predicted molar refractivity (Wildman–Crippen MR) is 100 cm³/mol. The third-order valence-corrected chi connectivity index (χ3v) is 3.82. The van der Waals surface area contributed by atoms with Gasteiger partial charge in [-0.15, -0.1) is 0 Å². The van der Waals surface area contributed by atoms with E-state index in [2.05, 4.69) is 0 Å². The number of rotatable bonds is 9. The highest BCUT2D eigenvalue weighted by molar-refractivity contribution is 5.92. The molecule has 1 unspecified atom stereocenters. The Morgan fingerprint density at radius 3 is 1.96 bits per heavy atom. The normalized spacial score (nSPS) is 11.5. The van der Waals surface area contributed by atoms with Crippen LogP contribution in [-0.4, -0.2) is 38.4 Å². The van der Waals surface area contributed by atoms with E-state index < -0.39 is 11.9 Å². The predicted octanol–water partition coefficient (Wildman–Crippen LogP) is 3.89. The second-order valence-corrected chi connectivity index (χ2v) is 5.90. The first-order valence-corrected chi connectivity index (χ1v) is 8.78. The summed E-state index contributed by atoms with van der Waals surface area (Å²) < 4.78 is 20.9. The molecule has 0 bridgehead atoms. The molecule has 1 atom stereocenters. The Morgan fingerprint density at radius 2 is 1.41 bits per heavy atom. The van der Waals surface area contributed by atoms with Gasteiger partial charge in [-0.05, 0) is 61.9 Å². The van der Waals surface area contributed by atoms with E-state index in [0.29, 0.717) is 29.2 Å². The first-order valence-electron chi connectivity index (χ1n) is 8.78. The van der Waals surface area contributed by atoms with Crippen molar-refractivity contribution in [1.29, 1.82) is 0 Å². The highest BCUT2D eigenvalue weighted by atomic mass is 16.6. The number of esters is 2. The zero-order valence-corrected chi connectivity index (χ0v) is 15.8. The first kappa shape index (κ1) is 20.5. The largest absolute Gasteiger partial charge is 0.491 e. The molecule has 6 heteroatoms. The maximum absolute atomic E-state index is 12.2. The van der Waals surface area contributed by atoms with Crippen molar-refractivity contribution in [3.05, 3.63) is 59.7 Å². The topological polar surface area (TPSA) is 71.1 Å². The molecule has 0 saturated carbocycles. The van der Waals surface area contributed by atoms with E-state index >= 15 is 0 Å². The van der Waals surface area contributed by atoms with Gasteiger partial charge >= 0.3 is 11.9 Å². The van der Waals surface area contributed by atoms with Crippen LogP contribution in [0.2, 0.25) is 0 Å². The Labute approximate surface area is 159 Å². The van der Waals surface area contributed by atoms with Crippen molar-refractivity contribution in [3.8, 4) is 11.5 Å². The number of carbonyl (C=O) groups is 2. The molecule has 0 aliphatic rings. The minimum absolute atomic E-state index is 0.113. The number of hydrogen-bond acceptors (Lipinski definition) is 6. The molecule has 6 nitrogen and oxygen atoms in total. The van der Waals surface area contributed by atoms with Crippen molar-refractivity contribution in [2.45, 2.75) is 26.4 Å². The molecule has 0 aromatic heterocycles. The molecule has 2 rings (SSSR count). The fraction of sp³-hybridized carbons (Fsp3) is 0.333. The van der Waals surface area contributed by atoms with Gasteiger partial charge in [-0.1, -0.05) is 6.92 Å². The van der Waals surface area contributed by atoms with Gasteiger partial charge in [-0.3, -0.25) is 0 Å². The van der Waals surface area contributed by atoms with Crippen molar-refractivity contribution in [3.63, 3.8) is 0 Å². The molecular weight excluding hydrogens is 348 g/mol. The second kappa shape index (κ2) is 10.3. The van der Waals surface area contributed by atoms with Gasteiger partial charge in [-0.2, -0.15) is 0 Å². The smallest absolute Gasteiger partial charge is 0.343 e. The van der Waals surface area contributed by atoms with Crippen LogP contribution in [0.15, 0.2) is 48.5 Å². The molecule has 144 valence electrons. The lowest BCUT2D eigenvalue weighted by Gasteiger charge is -2.12. The number of ether oxygens (including phenoxy) is 4. The fourth-order valence-electron chi connectivity index (χ4n) is 2.11. The summed E-state index contributed by atoms with van der Waals surface area (Å²) in [5.41, 5.74) is 0.784. The lowest BCUT2D eigenvalue weighted by molar-refractivity contribution is 0.0388. The van der Waals surface area contributed by atoms with Crippen LogP contribution >= 0.6 is 0 Å². The van der Waals surface area contributed by atoms with Gasteiger partial charge in [0, 0.05) is 7.11 Å². The van der Waals surface area contributed by atoms with Crippen LogP contribution in [0.3, 0.4) is 0 Å². The van der Waals surface area contributed by atoms with Crippen LogP contribution in [0, 0.1) is 0 Å². The van der Waals surface area contributed by atoms with Gasteiger partial charge in [0.25, 0.3) is 0 Å². The SMILES string of the molecule is CCC(C)Oc1ccc(C(=O)Oc2ccc(C(=O)OCCOC)cc2)cc1. The lowest BCUT2D eigenvalue weighted by Crippen LogP contribution is -2.11. The maximum Gasteiger partial charge on any atom is 0.343 e. The van der Waals surface area contributed by atoms with E-state index in [9.17, 15) is 9.59 Å². The van der Waals surface area contributed by atoms with E-state index in [1.165, 1.54) is 7.11 Å². The van der Waals surface area contributed by atoms with Crippen LogP contribution in [0.5, 0.6) is 11.5 Å². The standard InChI is InChI=1S/C21H24O6/c1-4-15(2)26-18-9-7-17(8-10-18)21(23)27-19-11-5-16(6-12-19)20(22)25-14-13-24-3/h5-12,15H,4,13-14H2,1-3H3. The number of methoxy groups -OCH3 is 1. The van der Waals surface area contributed by atoms with Gasteiger partial charge in [0.2, 0.25) is 0 Å². The number of benzene rings is 2. The minimum atomic E-state index is -0.486. The molecular formula is C21H24O6. The Balaban J connectivity index is 1.92. The van der Waals surface area contributed by atoms with E-state index in [1.807, 2.05) is 13.8 Å². The summed E-state index contributed by atoms with van der Waals surface area (Å²) in [6.07, 6.45) is 1.02. The summed E-state index contributed by atoms with van der Waals surface area (Å²) in [6, 6.07) is 13.0. The van der Waals surface area contributed by atoms with E-state index in [1.54, 1.807) is 48.5 Å². The number of carbonyl (C=O) groups excluding carboxylic acids is 2. The van der Waals surface area contributed by atoms with Crippen LogP contribution in [-0.2, 0) is 9.47 Å². The van der Waals surface area contributed by atoms with Crippen molar-refractivity contribution < 1.29 is 28.5 Å². The Kier molecular flexibility index (Phi) is 7.82. The molecule has 0 N–H and O–H groups in total. The van der Waals surface area contributed by atoms with E-state index in [0.717, 1.165) is 6.42 Å². The zero-order valence-electron chi connectivity index (χ0n) is 15.8. The molecule has 2 aromatic carbocycles. The average molecular weight is 372 g/mol. The Bertz CT molecular complexity index is 736. The van der Waals surface area contributed by atoms with Crippen molar-refractivity contribution in [2.24, 2.45) is 0 Å². The Morgan fingerprint density at radius 1 is 0.852 bits per heavy atom. The molecule has 0 aliphatic heterocycles. The van der Waals surface area contributed by atoms with E-state index in [-0.39, 0.29) is 12.7 Å². The van der Waals surface area contributed by atoms with Gasteiger partial charge in [0.15, 0.2) is 0 Å².